The number of fused-ring (bicyclic) bond motifs is 4. The summed E-state index contributed by atoms with van der Waals surface area (Å²) in [6.45, 7) is 5.34. The normalized spacial score (nSPS) is 30.7. The van der Waals surface area contributed by atoms with E-state index in [0.29, 0.717) is 16.3 Å². The Hall–Kier alpha value is -2.45. The minimum absolute atomic E-state index is 0.0397. The third-order valence-corrected chi connectivity index (χ3v) is 6.28. The van der Waals surface area contributed by atoms with Gasteiger partial charge in [0.05, 0.1) is 11.8 Å². The minimum Gasteiger partial charge on any atom is -0.370 e. The van der Waals surface area contributed by atoms with E-state index < -0.39 is 46.7 Å². The van der Waals surface area contributed by atoms with Gasteiger partial charge in [-0.3, -0.25) is 29.4 Å². The quantitative estimate of drug-likeness (QED) is 0.635. The fraction of sp³-hybridized carbons (Fsp3) is 0.500. The molecule has 3 aliphatic rings. The average molecular weight is 419 g/mol. The van der Waals surface area contributed by atoms with Crippen LogP contribution in [0.15, 0.2) is 18.2 Å². The molecule has 3 aliphatic heterocycles. The number of primary amides is 1. The first-order chi connectivity index (χ1) is 13.5. The van der Waals surface area contributed by atoms with Crippen LogP contribution in [0.2, 0.25) is 5.02 Å². The molecule has 1 spiro atoms. The smallest absolute Gasteiger partial charge is 0.250 e. The van der Waals surface area contributed by atoms with E-state index >= 15 is 0 Å². The van der Waals surface area contributed by atoms with Crippen molar-refractivity contribution in [1.82, 2.24) is 10.2 Å². The van der Waals surface area contributed by atoms with Crippen molar-refractivity contribution >= 4 is 40.9 Å². The van der Waals surface area contributed by atoms with E-state index in [9.17, 15) is 19.2 Å². The van der Waals surface area contributed by atoms with E-state index in [1.54, 1.807) is 39.0 Å². The van der Waals surface area contributed by atoms with E-state index in [1.807, 2.05) is 0 Å². The number of hydrogen-bond acceptors (Lipinski definition) is 5. The molecule has 4 atom stereocenters. The summed E-state index contributed by atoms with van der Waals surface area (Å²) < 4.78 is 0. The maximum atomic E-state index is 13.5. The van der Waals surface area contributed by atoms with Crippen molar-refractivity contribution in [3.05, 3.63) is 28.8 Å². The van der Waals surface area contributed by atoms with Gasteiger partial charge < -0.3 is 11.1 Å². The molecule has 29 heavy (non-hydrogen) atoms. The molecule has 0 aliphatic carbocycles. The van der Waals surface area contributed by atoms with Crippen molar-refractivity contribution in [2.75, 3.05) is 5.32 Å². The number of carbonyl (C=O) groups excluding carboxylic acids is 4. The largest absolute Gasteiger partial charge is 0.370 e. The first-order valence-corrected chi connectivity index (χ1v) is 9.91. The van der Waals surface area contributed by atoms with Crippen molar-refractivity contribution in [1.29, 1.82) is 0 Å². The number of halogens is 1. The summed E-state index contributed by atoms with van der Waals surface area (Å²) >= 11 is 6.19. The molecule has 8 nitrogen and oxygen atoms in total. The van der Waals surface area contributed by atoms with E-state index in [-0.39, 0.29) is 18.7 Å². The van der Waals surface area contributed by atoms with Crippen LogP contribution in [-0.2, 0) is 24.7 Å². The van der Waals surface area contributed by atoms with Crippen molar-refractivity contribution in [2.45, 2.75) is 50.7 Å². The lowest BCUT2D eigenvalue weighted by molar-refractivity contribution is -0.148. The summed E-state index contributed by atoms with van der Waals surface area (Å²) in [5.41, 5.74) is 4.25. The molecule has 0 aromatic heterocycles. The lowest BCUT2D eigenvalue weighted by Gasteiger charge is -2.34. The first-order valence-electron chi connectivity index (χ1n) is 9.54. The minimum atomic E-state index is -1.42. The topological polar surface area (TPSA) is 122 Å². The molecular weight excluding hydrogens is 396 g/mol. The van der Waals surface area contributed by atoms with Crippen molar-refractivity contribution in [2.24, 2.45) is 17.6 Å². The van der Waals surface area contributed by atoms with Crippen molar-refractivity contribution in [3.8, 4) is 0 Å². The van der Waals surface area contributed by atoms with Gasteiger partial charge in [0.15, 0.2) is 0 Å². The van der Waals surface area contributed by atoms with Crippen LogP contribution in [0, 0.1) is 11.8 Å². The van der Waals surface area contributed by atoms with Gasteiger partial charge in [0, 0.05) is 34.3 Å². The number of imide groups is 1. The van der Waals surface area contributed by atoms with Gasteiger partial charge in [-0.15, -0.1) is 0 Å². The van der Waals surface area contributed by atoms with Gasteiger partial charge in [0.25, 0.3) is 0 Å². The molecule has 1 aromatic carbocycles. The van der Waals surface area contributed by atoms with Gasteiger partial charge >= 0.3 is 0 Å². The summed E-state index contributed by atoms with van der Waals surface area (Å²) in [6, 6.07) is 4.43. The van der Waals surface area contributed by atoms with Gasteiger partial charge in [0.2, 0.25) is 23.6 Å². The molecule has 1 aromatic rings. The molecule has 4 N–H and O–H groups in total. The highest BCUT2D eigenvalue weighted by Crippen LogP contribution is 2.54. The summed E-state index contributed by atoms with van der Waals surface area (Å²) in [6.07, 6.45) is 0.288. The van der Waals surface area contributed by atoms with E-state index in [2.05, 4.69) is 10.6 Å². The van der Waals surface area contributed by atoms with Gasteiger partial charge in [-0.25, -0.2) is 0 Å². The molecular formula is C20H23ClN4O4. The number of nitrogens with zero attached hydrogens (tertiary/aromatic N) is 1. The molecule has 0 bridgehead atoms. The number of hydrogen-bond donors (Lipinski definition) is 3. The maximum Gasteiger partial charge on any atom is 0.250 e. The summed E-state index contributed by atoms with van der Waals surface area (Å²) in [7, 11) is 0. The number of nitrogens with one attached hydrogen (secondary N) is 2. The van der Waals surface area contributed by atoms with Crippen LogP contribution in [0.25, 0.3) is 0 Å². The Kier molecular flexibility index (Phi) is 4.29. The monoisotopic (exact) mass is 418 g/mol. The molecule has 4 amide bonds. The number of nitrogens with two attached hydrogens (primary N) is 1. The fourth-order valence-electron chi connectivity index (χ4n) is 4.98. The number of benzene rings is 1. The molecule has 0 saturated carbocycles. The highest BCUT2D eigenvalue weighted by Gasteiger charge is 2.71. The van der Waals surface area contributed by atoms with Crippen molar-refractivity contribution in [3.63, 3.8) is 0 Å². The number of anilines is 1. The summed E-state index contributed by atoms with van der Waals surface area (Å²) in [5.74, 6) is -3.33. The van der Waals surface area contributed by atoms with Gasteiger partial charge in [-0.2, -0.15) is 0 Å². The Morgan fingerprint density at radius 3 is 2.55 bits per heavy atom. The third kappa shape index (κ3) is 2.69. The second-order valence-corrected chi connectivity index (χ2v) is 9.33. The molecule has 2 fully saturated rings. The number of rotatable bonds is 3. The fourth-order valence-corrected chi connectivity index (χ4v) is 5.15. The van der Waals surface area contributed by atoms with Crippen LogP contribution in [0.1, 0.15) is 39.2 Å². The van der Waals surface area contributed by atoms with Crippen LogP contribution in [0.3, 0.4) is 0 Å². The molecule has 154 valence electrons. The standard InChI is InChI=1S/C20H23ClN4O4/c1-19(2,3)25-16(27)14-12(6-7-13(22)26)24-20(15(14)17(25)28)10-8-9(21)4-5-11(10)23-18(20)29/h4-5,8,12,14-15,24H,6-7H2,1-3H3,(H2,22,26)(H,23,29). The van der Waals surface area contributed by atoms with E-state index in [4.69, 9.17) is 17.3 Å². The second kappa shape index (κ2) is 6.27. The highest BCUT2D eigenvalue weighted by atomic mass is 35.5. The summed E-state index contributed by atoms with van der Waals surface area (Å²) in [5, 5.41) is 6.47. The molecule has 4 rings (SSSR count). The molecule has 4 unspecified atom stereocenters. The molecule has 3 heterocycles. The maximum absolute atomic E-state index is 13.5. The van der Waals surface area contributed by atoms with Crippen LogP contribution in [0.5, 0.6) is 0 Å². The van der Waals surface area contributed by atoms with E-state index in [1.165, 1.54) is 4.90 Å². The number of amides is 4. The van der Waals surface area contributed by atoms with Gasteiger partial charge in [-0.1, -0.05) is 11.6 Å². The lowest BCUT2D eigenvalue weighted by Crippen LogP contribution is -2.55. The second-order valence-electron chi connectivity index (χ2n) is 8.89. The zero-order chi connectivity index (χ0) is 21.3. The number of likely N-dealkylation sites (tertiary alicyclic amines) is 1. The Balaban J connectivity index is 1.88. The molecule has 0 radical (unpaired) electrons. The average Bonchev–Trinajstić information content (AvgIpc) is 3.18. The lowest BCUT2D eigenvalue weighted by atomic mass is 9.76. The Bertz CT molecular complexity index is 956. The summed E-state index contributed by atoms with van der Waals surface area (Å²) in [4.78, 5) is 52.6. The molecule has 2 saturated heterocycles. The van der Waals surface area contributed by atoms with E-state index in [0.717, 1.165) is 0 Å². The van der Waals surface area contributed by atoms with Crippen LogP contribution in [-0.4, -0.2) is 40.1 Å². The zero-order valence-electron chi connectivity index (χ0n) is 16.4. The molecule has 9 heteroatoms. The first kappa shape index (κ1) is 19.8. The van der Waals surface area contributed by atoms with Crippen LogP contribution < -0.4 is 16.4 Å². The van der Waals surface area contributed by atoms with Gasteiger partial charge in [0.1, 0.15) is 5.54 Å². The Morgan fingerprint density at radius 1 is 1.24 bits per heavy atom. The van der Waals surface area contributed by atoms with Crippen LogP contribution >= 0.6 is 11.6 Å². The predicted octanol–water partition coefficient (Wildman–Crippen LogP) is 1.12. The predicted molar refractivity (Wildman–Crippen MR) is 106 cm³/mol. The number of carbonyl (C=O) groups is 4. The third-order valence-electron chi connectivity index (χ3n) is 6.05. The highest BCUT2D eigenvalue weighted by molar-refractivity contribution is 6.31. The SMILES string of the molecule is CC(C)(C)N1C(=O)C2C(CCC(N)=O)NC3(C(=O)Nc4ccc(Cl)cc43)C2C1=O. The zero-order valence-corrected chi connectivity index (χ0v) is 17.2. The van der Waals surface area contributed by atoms with Crippen molar-refractivity contribution < 1.29 is 19.2 Å². The van der Waals surface area contributed by atoms with Crippen LogP contribution in [0.4, 0.5) is 5.69 Å². The Morgan fingerprint density at radius 2 is 1.93 bits per heavy atom. The Labute approximate surface area is 173 Å². The van der Waals surface area contributed by atoms with Gasteiger partial charge in [-0.05, 0) is 45.4 Å².